The van der Waals surface area contributed by atoms with E-state index >= 15 is 0 Å². The number of fused-ring (bicyclic) bond motifs is 1. The average Bonchev–Trinajstić information content (AvgIpc) is 3.17. The molecule has 2 aromatic carbocycles. The number of hydrogen-bond acceptors (Lipinski definition) is 4. The van der Waals surface area contributed by atoms with Crippen LogP contribution in [0.5, 0.6) is 0 Å². The van der Waals surface area contributed by atoms with Gasteiger partial charge in [0.05, 0.1) is 22.4 Å². The second kappa shape index (κ2) is 10.7. The van der Waals surface area contributed by atoms with Gasteiger partial charge in [-0.25, -0.2) is 9.07 Å². The number of amides is 2. The summed E-state index contributed by atoms with van der Waals surface area (Å²) in [5, 5.41) is 7.72. The number of aryl methyl sites for hydroxylation is 1. The van der Waals surface area contributed by atoms with Gasteiger partial charge in [-0.05, 0) is 55.7 Å². The van der Waals surface area contributed by atoms with Crippen LogP contribution in [0.3, 0.4) is 0 Å². The summed E-state index contributed by atoms with van der Waals surface area (Å²) in [6.45, 7) is 12.1. The number of hydrogen-bond donors (Lipinski definition) is 1. The van der Waals surface area contributed by atoms with Gasteiger partial charge < -0.3 is 5.32 Å². The third-order valence-corrected chi connectivity index (χ3v) is 7.77. The van der Waals surface area contributed by atoms with Gasteiger partial charge in [0.2, 0.25) is 11.8 Å². The van der Waals surface area contributed by atoms with Gasteiger partial charge in [-0.2, -0.15) is 5.10 Å². The summed E-state index contributed by atoms with van der Waals surface area (Å²) < 4.78 is 16.2. The molecule has 0 fully saturated rings. The predicted molar refractivity (Wildman–Crippen MR) is 148 cm³/mol. The van der Waals surface area contributed by atoms with E-state index in [9.17, 15) is 14.0 Å². The molecule has 2 atom stereocenters. The third-order valence-electron chi connectivity index (χ3n) is 6.52. The SMILES string of the molecule is CC[C@@H](C)NC(=O)CN1C(=O)CS[C@@H](c2cccc(F)c2)c2c(C(C)(C)C)nn(-c3cccc(C)c3)c21. The Kier molecular flexibility index (Phi) is 7.78. The van der Waals surface area contributed by atoms with E-state index in [2.05, 4.69) is 26.1 Å². The molecule has 0 aliphatic carbocycles. The maximum atomic E-state index is 14.4. The molecule has 0 bridgehead atoms. The van der Waals surface area contributed by atoms with Crippen molar-refractivity contribution in [3.63, 3.8) is 0 Å². The highest BCUT2D eigenvalue weighted by Gasteiger charge is 2.40. The van der Waals surface area contributed by atoms with Crippen molar-refractivity contribution < 1.29 is 14.0 Å². The molecule has 1 aliphatic heterocycles. The van der Waals surface area contributed by atoms with Crippen LogP contribution >= 0.6 is 11.8 Å². The molecule has 0 saturated heterocycles. The zero-order valence-electron chi connectivity index (χ0n) is 22.3. The molecule has 0 unspecified atom stereocenters. The first-order valence-electron chi connectivity index (χ1n) is 12.7. The minimum atomic E-state index is -0.372. The third kappa shape index (κ3) is 5.74. The second-order valence-corrected chi connectivity index (χ2v) is 11.8. The van der Waals surface area contributed by atoms with Crippen molar-refractivity contribution in [1.82, 2.24) is 15.1 Å². The Morgan fingerprint density at radius 3 is 2.59 bits per heavy atom. The van der Waals surface area contributed by atoms with Gasteiger partial charge in [0.15, 0.2) is 0 Å². The van der Waals surface area contributed by atoms with Gasteiger partial charge >= 0.3 is 0 Å². The average molecular weight is 523 g/mol. The van der Waals surface area contributed by atoms with E-state index in [1.165, 1.54) is 23.9 Å². The number of benzene rings is 2. The van der Waals surface area contributed by atoms with E-state index in [4.69, 9.17) is 5.10 Å². The first-order valence-corrected chi connectivity index (χ1v) is 13.7. The fourth-order valence-electron chi connectivity index (χ4n) is 4.51. The molecular weight excluding hydrogens is 487 g/mol. The lowest BCUT2D eigenvalue weighted by Gasteiger charge is -2.25. The smallest absolute Gasteiger partial charge is 0.240 e. The van der Waals surface area contributed by atoms with Crippen LogP contribution in [0.25, 0.3) is 5.69 Å². The van der Waals surface area contributed by atoms with E-state index in [1.807, 2.05) is 51.1 Å². The Morgan fingerprint density at radius 1 is 1.22 bits per heavy atom. The van der Waals surface area contributed by atoms with Crippen LogP contribution in [0.2, 0.25) is 0 Å². The largest absolute Gasteiger partial charge is 0.352 e. The summed E-state index contributed by atoms with van der Waals surface area (Å²) in [5.41, 5.74) is 3.90. The second-order valence-electron chi connectivity index (χ2n) is 10.7. The van der Waals surface area contributed by atoms with Crippen LogP contribution in [0.15, 0.2) is 48.5 Å². The van der Waals surface area contributed by atoms with Gasteiger partial charge in [0.25, 0.3) is 0 Å². The van der Waals surface area contributed by atoms with E-state index in [0.29, 0.717) is 5.82 Å². The summed E-state index contributed by atoms with van der Waals surface area (Å²) in [6.07, 6.45) is 0.790. The predicted octanol–water partition coefficient (Wildman–Crippen LogP) is 5.70. The van der Waals surface area contributed by atoms with Crippen LogP contribution in [0, 0.1) is 12.7 Å². The Hall–Kier alpha value is -3.13. The first-order chi connectivity index (χ1) is 17.5. The number of thioether (sulfide) groups is 1. The van der Waals surface area contributed by atoms with Crippen molar-refractivity contribution >= 4 is 29.4 Å². The maximum absolute atomic E-state index is 14.4. The molecule has 37 heavy (non-hydrogen) atoms. The summed E-state index contributed by atoms with van der Waals surface area (Å²) in [4.78, 5) is 28.2. The summed E-state index contributed by atoms with van der Waals surface area (Å²) in [6, 6.07) is 14.4. The molecule has 4 rings (SSSR count). The molecule has 3 aromatic rings. The molecular formula is C29H35FN4O2S. The number of rotatable bonds is 6. The van der Waals surface area contributed by atoms with Crippen LogP contribution in [-0.4, -0.2) is 39.9 Å². The number of carbonyl (C=O) groups is 2. The van der Waals surface area contributed by atoms with Crippen molar-refractivity contribution in [2.45, 2.75) is 64.7 Å². The van der Waals surface area contributed by atoms with Crippen LogP contribution in [0.4, 0.5) is 10.2 Å². The molecule has 0 spiro atoms. The molecule has 1 N–H and O–H groups in total. The lowest BCUT2D eigenvalue weighted by Crippen LogP contribution is -2.44. The van der Waals surface area contributed by atoms with Gasteiger partial charge in [0.1, 0.15) is 18.2 Å². The van der Waals surface area contributed by atoms with Crippen molar-refractivity contribution in [3.8, 4) is 5.69 Å². The van der Waals surface area contributed by atoms with Crippen LogP contribution < -0.4 is 10.2 Å². The number of nitrogens with one attached hydrogen (secondary N) is 1. The minimum Gasteiger partial charge on any atom is -0.352 e. The van der Waals surface area contributed by atoms with Gasteiger partial charge in [-0.1, -0.05) is 52.0 Å². The monoisotopic (exact) mass is 522 g/mol. The van der Waals surface area contributed by atoms with E-state index in [0.717, 1.165) is 34.5 Å². The fraction of sp³-hybridized carbons (Fsp3) is 0.414. The zero-order chi connectivity index (χ0) is 26.9. The standard InChI is InChI=1S/C29H35FN4O2S/c1-7-19(3)31-23(35)16-33-24(36)17-37-26(20-11-9-12-21(30)15-20)25-27(29(4,5)6)32-34(28(25)33)22-13-8-10-18(2)14-22/h8-15,19,26H,7,16-17H2,1-6H3,(H,31,35)/t19-,26+/m1/s1. The van der Waals surface area contributed by atoms with E-state index in [-0.39, 0.29) is 46.6 Å². The highest BCUT2D eigenvalue weighted by atomic mass is 32.2. The maximum Gasteiger partial charge on any atom is 0.240 e. The molecule has 0 saturated carbocycles. The normalized spacial score (nSPS) is 16.8. The number of halogens is 1. The van der Waals surface area contributed by atoms with Gasteiger partial charge in [-0.3, -0.25) is 14.5 Å². The number of anilines is 1. The van der Waals surface area contributed by atoms with Gasteiger partial charge in [-0.15, -0.1) is 11.8 Å². The number of aromatic nitrogens is 2. The van der Waals surface area contributed by atoms with Gasteiger partial charge in [0, 0.05) is 17.0 Å². The molecule has 6 nitrogen and oxygen atoms in total. The van der Waals surface area contributed by atoms with E-state index < -0.39 is 0 Å². The van der Waals surface area contributed by atoms with E-state index in [1.54, 1.807) is 15.6 Å². The quantitative estimate of drug-likeness (QED) is 0.451. The molecule has 1 aromatic heterocycles. The lowest BCUT2D eigenvalue weighted by atomic mass is 9.87. The van der Waals surface area contributed by atoms with Crippen molar-refractivity contribution in [3.05, 3.63) is 76.7 Å². The summed E-state index contributed by atoms with van der Waals surface area (Å²) in [5.74, 6) is -0.0116. The molecule has 2 amide bonds. The van der Waals surface area contributed by atoms with Crippen molar-refractivity contribution in [1.29, 1.82) is 0 Å². The summed E-state index contributed by atoms with van der Waals surface area (Å²) >= 11 is 1.44. The number of nitrogens with zero attached hydrogens (tertiary/aromatic N) is 3. The minimum absolute atomic E-state index is 0.00436. The Balaban J connectivity index is 1.99. The van der Waals surface area contributed by atoms with Crippen molar-refractivity contribution in [2.24, 2.45) is 0 Å². The Morgan fingerprint density at radius 2 is 1.95 bits per heavy atom. The molecule has 196 valence electrons. The Bertz CT molecular complexity index is 1310. The van der Waals surface area contributed by atoms with Crippen LogP contribution in [0.1, 0.15) is 68.7 Å². The van der Waals surface area contributed by atoms with Crippen molar-refractivity contribution in [2.75, 3.05) is 17.2 Å². The highest BCUT2D eigenvalue weighted by Crippen LogP contribution is 2.48. The molecule has 1 aliphatic rings. The highest BCUT2D eigenvalue weighted by molar-refractivity contribution is 8.00. The molecule has 8 heteroatoms. The fourth-order valence-corrected chi connectivity index (χ4v) is 5.70. The lowest BCUT2D eigenvalue weighted by molar-refractivity contribution is -0.123. The zero-order valence-corrected chi connectivity index (χ0v) is 23.2. The first kappa shape index (κ1) is 26.9. The molecule has 0 radical (unpaired) electrons. The topological polar surface area (TPSA) is 67.2 Å². The molecule has 2 heterocycles. The van der Waals surface area contributed by atoms with Crippen LogP contribution in [-0.2, 0) is 15.0 Å². The Labute approximate surface area is 222 Å². The number of carbonyl (C=O) groups excluding carboxylic acids is 2. The summed E-state index contributed by atoms with van der Waals surface area (Å²) in [7, 11) is 0.